The zero-order valence-electron chi connectivity index (χ0n) is 16.0. The van der Waals surface area contributed by atoms with Crippen molar-refractivity contribution >= 4 is 11.9 Å². The van der Waals surface area contributed by atoms with Crippen LogP contribution in [-0.2, 0) is 19.7 Å². The molecule has 0 saturated carbocycles. The molecule has 1 aromatic rings. The van der Waals surface area contributed by atoms with E-state index in [1.54, 1.807) is 18.2 Å². The lowest BCUT2D eigenvalue weighted by molar-refractivity contribution is -0.145. The van der Waals surface area contributed by atoms with Gasteiger partial charge in [-0.25, -0.2) is 4.79 Å². The highest BCUT2D eigenvalue weighted by atomic mass is 16.6. The number of rotatable bonds is 9. The smallest absolute Gasteiger partial charge is 0.338 e. The van der Waals surface area contributed by atoms with Crippen molar-refractivity contribution < 1.29 is 19.1 Å². The number of esters is 2. The number of allylic oxidation sites excluding steroid dienone is 1. The average Bonchev–Trinajstić information content (AvgIpc) is 2.93. The number of cyclic esters (lactones) is 1. The maximum atomic E-state index is 12.7. The van der Waals surface area contributed by atoms with Crippen LogP contribution >= 0.6 is 0 Å². The Hall–Kier alpha value is -2.14. The molecule has 1 aliphatic rings. The molecule has 2 rings (SSSR count). The first-order chi connectivity index (χ1) is 12.5. The molecule has 1 saturated heterocycles. The predicted octanol–water partition coefficient (Wildman–Crippen LogP) is 3.33. The van der Waals surface area contributed by atoms with E-state index in [9.17, 15) is 9.59 Å². The van der Waals surface area contributed by atoms with Crippen LogP contribution in [-0.4, -0.2) is 49.2 Å². The molecule has 0 N–H and O–H groups in total. The number of benzene rings is 1. The summed E-state index contributed by atoms with van der Waals surface area (Å²) in [6.45, 7) is 12.7. The second-order valence-corrected chi connectivity index (χ2v) is 6.70. The molecule has 5 heteroatoms. The minimum Gasteiger partial charge on any atom is -0.462 e. The summed E-state index contributed by atoms with van der Waals surface area (Å²) in [5.74, 6) is -0.697. The minimum absolute atomic E-state index is 0.186. The lowest BCUT2D eigenvalue weighted by atomic mass is 9.73. The highest BCUT2D eigenvalue weighted by molar-refractivity contribution is 5.96. The van der Waals surface area contributed by atoms with Gasteiger partial charge in [0.1, 0.15) is 18.1 Å². The van der Waals surface area contributed by atoms with Crippen molar-refractivity contribution in [2.24, 2.45) is 0 Å². The zero-order valence-corrected chi connectivity index (χ0v) is 16.0. The number of hydrogen-bond donors (Lipinski definition) is 0. The van der Waals surface area contributed by atoms with Gasteiger partial charge < -0.3 is 14.4 Å². The average molecular weight is 359 g/mol. The number of hydrogen-bond acceptors (Lipinski definition) is 5. The quantitative estimate of drug-likeness (QED) is 0.500. The molecule has 1 heterocycles. The molecule has 5 nitrogen and oxygen atoms in total. The van der Waals surface area contributed by atoms with Gasteiger partial charge in [-0.2, -0.15) is 0 Å². The lowest BCUT2D eigenvalue weighted by Gasteiger charge is -2.26. The Morgan fingerprint density at radius 1 is 1.38 bits per heavy atom. The molecule has 0 spiro atoms. The Labute approximate surface area is 156 Å². The van der Waals surface area contributed by atoms with Crippen molar-refractivity contribution in [3.05, 3.63) is 48.0 Å². The summed E-state index contributed by atoms with van der Waals surface area (Å²) in [7, 11) is 0. The fraction of sp³-hybridized carbons (Fsp3) is 0.524. The van der Waals surface area contributed by atoms with Gasteiger partial charge in [0.2, 0.25) is 0 Å². The Bertz CT molecular complexity index is 653. The Balaban J connectivity index is 2.25. The van der Waals surface area contributed by atoms with Crippen LogP contribution in [0.4, 0.5) is 0 Å². The van der Waals surface area contributed by atoms with Gasteiger partial charge in [0.05, 0.1) is 5.56 Å². The van der Waals surface area contributed by atoms with Gasteiger partial charge in [-0.3, -0.25) is 4.79 Å². The van der Waals surface area contributed by atoms with Crippen LogP contribution in [0.15, 0.2) is 36.9 Å². The molecule has 0 amide bonds. The van der Waals surface area contributed by atoms with Gasteiger partial charge in [-0.1, -0.05) is 38.1 Å². The highest BCUT2D eigenvalue weighted by Gasteiger charge is 2.49. The molecule has 0 bridgehead atoms. The van der Waals surface area contributed by atoms with Crippen molar-refractivity contribution in [3.8, 4) is 0 Å². The fourth-order valence-corrected chi connectivity index (χ4v) is 3.62. The minimum atomic E-state index is -0.865. The first kappa shape index (κ1) is 20.2. The van der Waals surface area contributed by atoms with Crippen LogP contribution in [0.2, 0.25) is 0 Å². The van der Waals surface area contributed by atoms with Gasteiger partial charge in [0.25, 0.3) is 0 Å². The van der Waals surface area contributed by atoms with E-state index in [-0.39, 0.29) is 12.1 Å². The van der Waals surface area contributed by atoms with Gasteiger partial charge in [0.15, 0.2) is 0 Å². The lowest BCUT2D eigenvalue weighted by Crippen LogP contribution is -2.33. The fourth-order valence-electron chi connectivity index (χ4n) is 3.62. The molecule has 2 atom stereocenters. The molecule has 0 radical (unpaired) electrons. The van der Waals surface area contributed by atoms with E-state index < -0.39 is 11.4 Å². The largest absolute Gasteiger partial charge is 0.462 e. The third kappa shape index (κ3) is 4.15. The first-order valence-corrected chi connectivity index (χ1v) is 9.29. The molecule has 0 aromatic heterocycles. The van der Waals surface area contributed by atoms with E-state index >= 15 is 0 Å². The number of carbonyl (C=O) groups is 2. The van der Waals surface area contributed by atoms with Gasteiger partial charge >= 0.3 is 11.9 Å². The maximum Gasteiger partial charge on any atom is 0.338 e. The highest BCUT2D eigenvalue weighted by Crippen LogP contribution is 2.42. The summed E-state index contributed by atoms with van der Waals surface area (Å²) in [4.78, 5) is 27.5. The SMILES string of the molecule is C=CCC1(c2ccccc2C(=O)OCCN(CC)CC)CC(C)OC1=O. The molecule has 26 heavy (non-hydrogen) atoms. The molecule has 0 aliphatic carbocycles. The van der Waals surface area contributed by atoms with Crippen LogP contribution in [0, 0.1) is 0 Å². The Morgan fingerprint density at radius 3 is 2.65 bits per heavy atom. The predicted molar refractivity (Wildman–Crippen MR) is 101 cm³/mol. The van der Waals surface area contributed by atoms with E-state index in [1.165, 1.54) is 0 Å². The Morgan fingerprint density at radius 2 is 2.08 bits per heavy atom. The van der Waals surface area contributed by atoms with Crippen molar-refractivity contribution in [2.75, 3.05) is 26.2 Å². The van der Waals surface area contributed by atoms with Crippen molar-refractivity contribution in [1.29, 1.82) is 0 Å². The van der Waals surface area contributed by atoms with E-state index in [4.69, 9.17) is 9.47 Å². The van der Waals surface area contributed by atoms with Crippen LogP contribution in [0.1, 0.15) is 49.5 Å². The van der Waals surface area contributed by atoms with E-state index in [0.717, 1.165) is 13.1 Å². The number of carbonyl (C=O) groups excluding carboxylic acids is 2. The van der Waals surface area contributed by atoms with Crippen LogP contribution < -0.4 is 0 Å². The van der Waals surface area contributed by atoms with Crippen molar-refractivity contribution in [1.82, 2.24) is 4.90 Å². The van der Waals surface area contributed by atoms with E-state index in [0.29, 0.717) is 37.1 Å². The van der Waals surface area contributed by atoms with Crippen molar-refractivity contribution in [2.45, 2.75) is 45.1 Å². The second-order valence-electron chi connectivity index (χ2n) is 6.70. The molecule has 1 fully saturated rings. The summed E-state index contributed by atoms with van der Waals surface area (Å²) in [6.07, 6.45) is 2.48. The van der Waals surface area contributed by atoms with E-state index in [2.05, 4.69) is 25.3 Å². The van der Waals surface area contributed by atoms with Gasteiger partial charge in [-0.15, -0.1) is 6.58 Å². The zero-order chi connectivity index (χ0) is 19.2. The van der Waals surface area contributed by atoms with Crippen LogP contribution in [0.25, 0.3) is 0 Å². The second kappa shape index (κ2) is 8.99. The summed E-state index contributed by atoms with van der Waals surface area (Å²) in [5, 5.41) is 0. The molecule has 2 unspecified atom stereocenters. The molecule has 1 aromatic carbocycles. The third-order valence-corrected chi connectivity index (χ3v) is 5.03. The number of likely N-dealkylation sites (N-methyl/N-ethyl adjacent to an activating group) is 1. The molecule has 142 valence electrons. The summed E-state index contributed by atoms with van der Waals surface area (Å²) in [5.41, 5.74) is 0.234. The summed E-state index contributed by atoms with van der Waals surface area (Å²) >= 11 is 0. The standard InChI is InChI=1S/C21H29NO4/c1-5-12-21(15-16(4)26-20(21)24)18-11-9-8-10-17(18)19(23)25-14-13-22(6-2)7-3/h5,8-11,16H,1,6-7,12-15H2,2-4H3. The van der Waals surface area contributed by atoms with Crippen LogP contribution in [0.3, 0.4) is 0 Å². The first-order valence-electron chi connectivity index (χ1n) is 9.29. The molecule has 1 aliphatic heterocycles. The number of nitrogens with zero attached hydrogens (tertiary/aromatic N) is 1. The molecular formula is C21H29NO4. The summed E-state index contributed by atoms with van der Waals surface area (Å²) < 4.78 is 10.9. The normalized spacial score (nSPS) is 22.3. The van der Waals surface area contributed by atoms with Gasteiger partial charge in [-0.05, 0) is 38.1 Å². The van der Waals surface area contributed by atoms with Gasteiger partial charge in [0, 0.05) is 13.0 Å². The summed E-state index contributed by atoms with van der Waals surface area (Å²) in [6, 6.07) is 7.17. The van der Waals surface area contributed by atoms with E-state index in [1.807, 2.05) is 19.1 Å². The number of ether oxygens (including phenoxy) is 2. The monoisotopic (exact) mass is 359 g/mol. The topological polar surface area (TPSA) is 55.8 Å². The maximum absolute atomic E-state index is 12.7. The van der Waals surface area contributed by atoms with Crippen molar-refractivity contribution in [3.63, 3.8) is 0 Å². The third-order valence-electron chi connectivity index (χ3n) is 5.03. The molecular weight excluding hydrogens is 330 g/mol. The Kier molecular flexibility index (Phi) is 6.98. The van der Waals surface area contributed by atoms with Crippen LogP contribution in [0.5, 0.6) is 0 Å².